The molecular formula is C18H17N3. The Labute approximate surface area is 124 Å². The van der Waals surface area contributed by atoms with Gasteiger partial charge in [-0.3, -0.25) is 4.98 Å². The Hall–Kier alpha value is -2.68. The molecule has 2 heterocycles. The minimum Gasteiger partial charge on any atom is -0.303 e. The molecule has 0 saturated carbocycles. The fourth-order valence-corrected chi connectivity index (χ4v) is 2.47. The summed E-state index contributed by atoms with van der Waals surface area (Å²) in [7, 11) is 0. The Bertz CT molecular complexity index is 768. The van der Waals surface area contributed by atoms with E-state index < -0.39 is 0 Å². The summed E-state index contributed by atoms with van der Waals surface area (Å²) in [5.41, 5.74) is 5.45. The average Bonchev–Trinajstić information content (AvgIpc) is 2.85. The van der Waals surface area contributed by atoms with E-state index in [0.29, 0.717) is 0 Å². The van der Waals surface area contributed by atoms with E-state index in [1.165, 1.54) is 5.56 Å². The van der Waals surface area contributed by atoms with Gasteiger partial charge in [0.1, 0.15) is 5.82 Å². The number of aromatic nitrogens is 3. The number of benzene rings is 1. The van der Waals surface area contributed by atoms with Gasteiger partial charge in [0.25, 0.3) is 0 Å². The maximum Gasteiger partial charge on any atom is 0.110 e. The van der Waals surface area contributed by atoms with Crippen LogP contribution in [0.1, 0.15) is 11.4 Å². The van der Waals surface area contributed by atoms with Gasteiger partial charge < -0.3 is 4.57 Å². The van der Waals surface area contributed by atoms with Gasteiger partial charge in [-0.1, -0.05) is 36.4 Å². The SMILES string of the molecule is C=Cn1c(C)nc(-c2ccc(C)cc2)c1-c1ccncc1. The molecule has 0 N–H and O–H groups in total. The normalized spacial score (nSPS) is 10.6. The lowest BCUT2D eigenvalue weighted by atomic mass is 10.0. The first kappa shape index (κ1) is 13.3. The van der Waals surface area contributed by atoms with Crippen molar-refractivity contribution in [2.24, 2.45) is 0 Å². The summed E-state index contributed by atoms with van der Waals surface area (Å²) in [5.74, 6) is 0.924. The lowest BCUT2D eigenvalue weighted by molar-refractivity contribution is 1.04. The second kappa shape index (κ2) is 5.37. The Balaban J connectivity index is 2.26. The second-order valence-electron chi connectivity index (χ2n) is 5.01. The van der Waals surface area contributed by atoms with Gasteiger partial charge in [0.2, 0.25) is 0 Å². The van der Waals surface area contributed by atoms with Gasteiger partial charge in [-0.25, -0.2) is 4.98 Å². The van der Waals surface area contributed by atoms with Crippen LogP contribution in [-0.2, 0) is 0 Å². The molecule has 3 rings (SSSR count). The minimum absolute atomic E-state index is 0.924. The van der Waals surface area contributed by atoms with E-state index in [1.54, 1.807) is 18.6 Å². The quantitative estimate of drug-likeness (QED) is 0.712. The van der Waals surface area contributed by atoms with Crippen LogP contribution in [0.15, 0.2) is 55.4 Å². The van der Waals surface area contributed by atoms with E-state index in [-0.39, 0.29) is 0 Å². The first-order chi connectivity index (χ1) is 10.2. The van der Waals surface area contributed by atoms with Crippen LogP contribution >= 0.6 is 0 Å². The molecule has 0 aliphatic carbocycles. The molecule has 1 aromatic carbocycles. The minimum atomic E-state index is 0.924. The molecule has 3 nitrogen and oxygen atoms in total. The van der Waals surface area contributed by atoms with Crippen LogP contribution in [0.5, 0.6) is 0 Å². The molecule has 0 fully saturated rings. The Morgan fingerprint density at radius 3 is 2.24 bits per heavy atom. The fraction of sp³-hybridized carbons (Fsp3) is 0.111. The third kappa shape index (κ3) is 2.38. The first-order valence-corrected chi connectivity index (χ1v) is 6.89. The summed E-state index contributed by atoms with van der Waals surface area (Å²) in [4.78, 5) is 8.82. The largest absolute Gasteiger partial charge is 0.303 e. The zero-order valence-corrected chi connectivity index (χ0v) is 12.2. The maximum absolute atomic E-state index is 4.73. The molecule has 0 aliphatic rings. The number of pyridine rings is 1. The monoisotopic (exact) mass is 275 g/mol. The lowest BCUT2D eigenvalue weighted by Gasteiger charge is -2.07. The van der Waals surface area contributed by atoms with Gasteiger partial charge in [0, 0.05) is 29.7 Å². The van der Waals surface area contributed by atoms with Crippen molar-refractivity contribution in [1.29, 1.82) is 0 Å². The number of aryl methyl sites for hydroxylation is 2. The van der Waals surface area contributed by atoms with E-state index in [0.717, 1.165) is 28.3 Å². The average molecular weight is 275 g/mol. The van der Waals surface area contributed by atoms with Crippen LogP contribution in [0, 0.1) is 13.8 Å². The van der Waals surface area contributed by atoms with Crippen LogP contribution in [0.4, 0.5) is 0 Å². The van der Waals surface area contributed by atoms with Crippen molar-refractivity contribution in [3.63, 3.8) is 0 Å². The van der Waals surface area contributed by atoms with Crippen LogP contribution in [0.2, 0.25) is 0 Å². The highest BCUT2D eigenvalue weighted by Crippen LogP contribution is 2.32. The summed E-state index contributed by atoms with van der Waals surface area (Å²) in [6, 6.07) is 12.4. The molecule has 104 valence electrons. The van der Waals surface area contributed by atoms with Gasteiger partial charge in [-0.2, -0.15) is 0 Å². The highest BCUT2D eigenvalue weighted by Gasteiger charge is 2.16. The van der Waals surface area contributed by atoms with Crippen LogP contribution in [0.3, 0.4) is 0 Å². The summed E-state index contributed by atoms with van der Waals surface area (Å²) >= 11 is 0. The van der Waals surface area contributed by atoms with Crippen LogP contribution in [-0.4, -0.2) is 14.5 Å². The predicted molar refractivity (Wildman–Crippen MR) is 86.8 cm³/mol. The molecule has 0 radical (unpaired) electrons. The molecule has 21 heavy (non-hydrogen) atoms. The van der Waals surface area contributed by atoms with Gasteiger partial charge in [0.15, 0.2) is 0 Å². The molecule has 0 spiro atoms. The lowest BCUT2D eigenvalue weighted by Crippen LogP contribution is -1.93. The smallest absolute Gasteiger partial charge is 0.110 e. The summed E-state index contributed by atoms with van der Waals surface area (Å²) in [6.07, 6.45) is 5.39. The molecule has 3 heteroatoms. The van der Waals surface area contributed by atoms with Gasteiger partial charge in [-0.15, -0.1) is 0 Å². The van der Waals surface area contributed by atoms with Gasteiger partial charge >= 0.3 is 0 Å². The fourth-order valence-electron chi connectivity index (χ4n) is 2.47. The Morgan fingerprint density at radius 2 is 1.62 bits per heavy atom. The standard InChI is InChI=1S/C18H17N3/c1-4-21-14(3)20-17(15-7-5-13(2)6-8-15)18(21)16-9-11-19-12-10-16/h4-12H,1H2,2-3H3. The zero-order valence-electron chi connectivity index (χ0n) is 12.2. The predicted octanol–water partition coefficient (Wildman–Crippen LogP) is 4.33. The van der Waals surface area contributed by atoms with Crippen molar-refractivity contribution in [1.82, 2.24) is 14.5 Å². The van der Waals surface area contributed by atoms with Crippen LogP contribution < -0.4 is 0 Å². The van der Waals surface area contributed by atoms with Crippen molar-refractivity contribution in [3.05, 3.63) is 66.8 Å². The third-order valence-corrected chi connectivity index (χ3v) is 3.55. The Morgan fingerprint density at radius 1 is 0.952 bits per heavy atom. The molecule has 0 aliphatic heterocycles. The van der Waals surface area contributed by atoms with E-state index in [4.69, 9.17) is 4.98 Å². The summed E-state index contributed by atoms with van der Waals surface area (Å²) in [5, 5.41) is 0. The molecule has 3 aromatic rings. The number of rotatable bonds is 3. The van der Waals surface area contributed by atoms with Crippen molar-refractivity contribution >= 4 is 6.20 Å². The first-order valence-electron chi connectivity index (χ1n) is 6.89. The van der Waals surface area contributed by atoms with Crippen LogP contribution in [0.25, 0.3) is 28.7 Å². The van der Waals surface area contributed by atoms with Crippen molar-refractivity contribution in [3.8, 4) is 22.5 Å². The summed E-state index contributed by atoms with van der Waals surface area (Å²) < 4.78 is 2.02. The molecule has 0 bridgehead atoms. The van der Waals surface area contributed by atoms with E-state index >= 15 is 0 Å². The van der Waals surface area contributed by atoms with Crippen molar-refractivity contribution in [2.75, 3.05) is 0 Å². The van der Waals surface area contributed by atoms with Crippen molar-refractivity contribution in [2.45, 2.75) is 13.8 Å². The van der Waals surface area contributed by atoms with E-state index in [1.807, 2.05) is 23.6 Å². The number of hydrogen-bond acceptors (Lipinski definition) is 2. The van der Waals surface area contributed by atoms with Gasteiger partial charge in [0.05, 0.1) is 11.4 Å². The Kier molecular flexibility index (Phi) is 3.40. The van der Waals surface area contributed by atoms with E-state index in [2.05, 4.69) is 42.8 Å². The molecule has 0 saturated heterocycles. The number of nitrogens with zero attached hydrogens (tertiary/aromatic N) is 3. The molecule has 2 aromatic heterocycles. The molecule has 0 atom stereocenters. The topological polar surface area (TPSA) is 30.7 Å². The third-order valence-electron chi connectivity index (χ3n) is 3.55. The number of imidazole rings is 1. The maximum atomic E-state index is 4.73. The highest BCUT2D eigenvalue weighted by atomic mass is 15.1. The highest BCUT2D eigenvalue weighted by molar-refractivity contribution is 5.80. The summed E-state index contributed by atoms with van der Waals surface area (Å²) in [6.45, 7) is 7.98. The van der Waals surface area contributed by atoms with Gasteiger partial charge in [-0.05, 0) is 26.0 Å². The molecule has 0 amide bonds. The second-order valence-corrected chi connectivity index (χ2v) is 5.01. The number of hydrogen-bond donors (Lipinski definition) is 0. The molecule has 0 unspecified atom stereocenters. The molecular weight excluding hydrogens is 258 g/mol. The van der Waals surface area contributed by atoms with Crippen molar-refractivity contribution < 1.29 is 0 Å². The zero-order chi connectivity index (χ0) is 14.8. The van der Waals surface area contributed by atoms with E-state index in [9.17, 15) is 0 Å².